The first-order valence-electron chi connectivity index (χ1n) is 10.1. The largest absolute Gasteiger partial charge is 0.244 e. The van der Waals surface area contributed by atoms with Gasteiger partial charge in [-0.15, -0.1) is 0 Å². The van der Waals surface area contributed by atoms with Gasteiger partial charge >= 0.3 is 0 Å². The SMILES string of the molecule is CCCCCCCN(CCCCCCC)S(=O)(=O)c1ccccc1C#N. The molecule has 0 fully saturated rings. The van der Waals surface area contributed by atoms with Crippen molar-refractivity contribution in [3.8, 4) is 6.07 Å². The van der Waals surface area contributed by atoms with E-state index in [-0.39, 0.29) is 10.5 Å². The molecular weight excluding hydrogens is 344 g/mol. The topological polar surface area (TPSA) is 61.2 Å². The first-order valence-corrected chi connectivity index (χ1v) is 11.5. The summed E-state index contributed by atoms with van der Waals surface area (Å²) in [5.74, 6) is 0. The van der Waals surface area contributed by atoms with Crippen LogP contribution in [0.15, 0.2) is 29.2 Å². The molecule has 5 heteroatoms. The van der Waals surface area contributed by atoms with Gasteiger partial charge in [0.1, 0.15) is 6.07 Å². The van der Waals surface area contributed by atoms with Gasteiger partial charge < -0.3 is 0 Å². The summed E-state index contributed by atoms with van der Waals surface area (Å²) in [6.45, 7) is 5.43. The Kier molecular flexibility index (Phi) is 11.2. The molecule has 1 aromatic carbocycles. The Labute approximate surface area is 160 Å². The van der Waals surface area contributed by atoms with Gasteiger partial charge in [0.2, 0.25) is 10.0 Å². The van der Waals surface area contributed by atoms with E-state index >= 15 is 0 Å². The van der Waals surface area contributed by atoms with Crippen LogP contribution in [0, 0.1) is 11.3 Å². The predicted octanol–water partition coefficient (Wildman–Crippen LogP) is 5.49. The molecule has 0 saturated carbocycles. The average Bonchev–Trinajstić information content (AvgIpc) is 2.65. The molecule has 0 saturated heterocycles. The number of nitrogens with zero attached hydrogens (tertiary/aromatic N) is 2. The number of hydrogen-bond donors (Lipinski definition) is 0. The third kappa shape index (κ3) is 7.47. The number of hydrogen-bond acceptors (Lipinski definition) is 3. The second-order valence-electron chi connectivity index (χ2n) is 6.84. The van der Waals surface area contributed by atoms with Crippen molar-refractivity contribution >= 4 is 10.0 Å². The lowest BCUT2D eigenvalue weighted by Gasteiger charge is -2.23. The molecule has 0 unspecified atom stereocenters. The molecule has 0 aromatic heterocycles. The van der Waals surface area contributed by atoms with Crippen LogP contribution < -0.4 is 0 Å². The first-order chi connectivity index (χ1) is 12.6. The Balaban J connectivity index is 2.81. The number of nitriles is 1. The summed E-state index contributed by atoms with van der Waals surface area (Å²) in [6.07, 6.45) is 10.9. The van der Waals surface area contributed by atoms with E-state index in [0.717, 1.165) is 38.5 Å². The molecule has 0 atom stereocenters. The minimum Gasteiger partial charge on any atom is -0.207 e. The van der Waals surface area contributed by atoms with Crippen LogP contribution in [0.25, 0.3) is 0 Å². The smallest absolute Gasteiger partial charge is 0.207 e. The van der Waals surface area contributed by atoms with E-state index in [9.17, 15) is 13.7 Å². The van der Waals surface area contributed by atoms with Crippen LogP contribution in [0.1, 0.15) is 83.6 Å². The van der Waals surface area contributed by atoms with Gasteiger partial charge in [-0.3, -0.25) is 0 Å². The number of benzene rings is 1. The number of unbranched alkanes of at least 4 members (excludes halogenated alkanes) is 8. The minimum absolute atomic E-state index is 0.143. The molecule has 4 nitrogen and oxygen atoms in total. The van der Waals surface area contributed by atoms with Crippen molar-refractivity contribution in [1.82, 2.24) is 4.31 Å². The third-order valence-electron chi connectivity index (χ3n) is 4.65. The molecule has 146 valence electrons. The van der Waals surface area contributed by atoms with Gasteiger partial charge in [-0.1, -0.05) is 77.3 Å². The predicted molar refractivity (Wildman–Crippen MR) is 107 cm³/mol. The lowest BCUT2D eigenvalue weighted by atomic mass is 10.1. The van der Waals surface area contributed by atoms with E-state index in [1.54, 1.807) is 28.6 Å². The number of sulfonamides is 1. The zero-order chi connectivity index (χ0) is 19.3. The second kappa shape index (κ2) is 12.9. The molecule has 0 N–H and O–H groups in total. The van der Waals surface area contributed by atoms with Crippen molar-refractivity contribution in [3.63, 3.8) is 0 Å². The number of rotatable bonds is 14. The second-order valence-corrected chi connectivity index (χ2v) is 8.75. The fourth-order valence-electron chi connectivity index (χ4n) is 3.06. The van der Waals surface area contributed by atoms with Crippen molar-refractivity contribution in [2.24, 2.45) is 0 Å². The maximum atomic E-state index is 13.1. The molecule has 1 aromatic rings. The summed E-state index contributed by atoms with van der Waals surface area (Å²) in [5.41, 5.74) is 0.231. The quantitative estimate of drug-likeness (QED) is 0.402. The third-order valence-corrected chi connectivity index (χ3v) is 6.60. The van der Waals surface area contributed by atoms with Crippen LogP contribution in [0.4, 0.5) is 0 Å². The van der Waals surface area contributed by atoms with Crippen molar-refractivity contribution in [3.05, 3.63) is 29.8 Å². The molecule has 0 spiro atoms. The van der Waals surface area contributed by atoms with Crippen LogP contribution in [-0.2, 0) is 10.0 Å². The van der Waals surface area contributed by atoms with Crippen molar-refractivity contribution < 1.29 is 8.42 Å². The van der Waals surface area contributed by atoms with Gasteiger partial charge in [0.25, 0.3) is 0 Å². The minimum atomic E-state index is -3.62. The highest BCUT2D eigenvalue weighted by atomic mass is 32.2. The van der Waals surface area contributed by atoms with E-state index in [1.165, 1.54) is 25.7 Å². The Morgan fingerprint density at radius 3 is 1.85 bits per heavy atom. The zero-order valence-electron chi connectivity index (χ0n) is 16.4. The zero-order valence-corrected chi connectivity index (χ0v) is 17.2. The van der Waals surface area contributed by atoms with Crippen molar-refractivity contribution in [2.75, 3.05) is 13.1 Å². The molecule has 0 aliphatic rings. The molecule has 0 heterocycles. The molecule has 26 heavy (non-hydrogen) atoms. The van der Waals surface area contributed by atoms with E-state index in [0.29, 0.717) is 13.1 Å². The van der Waals surface area contributed by atoms with Gasteiger partial charge in [0.05, 0.1) is 10.5 Å². The average molecular weight is 379 g/mol. The van der Waals surface area contributed by atoms with E-state index in [2.05, 4.69) is 13.8 Å². The van der Waals surface area contributed by atoms with Crippen molar-refractivity contribution in [2.45, 2.75) is 83.0 Å². The van der Waals surface area contributed by atoms with Crippen LogP contribution in [0.5, 0.6) is 0 Å². The Bertz CT molecular complexity index is 636. The van der Waals surface area contributed by atoms with Gasteiger partial charge in [0, 0.05) is 13.1 Å². The monoisotopic (exact) mass is 378 g/mol. The molecule has 0 aliphatic carbocycles. The van der Waals surface area contributed by atoms with E-state index < -0.39 is 10.0 Å². The molecule has 1 rings (SSSR count). The molecule has 0 amide bonds. The highest BCUT2D eigenvalue weighted by molar-refractivity contribution is 7.89. The van der Waals surface area contributed by atoms with Gasteiger partial charge in [-0.2, -0.15) is 9.57 Å². The summed E-state index contributed by atoms with van der Waals surface area (Å²) < 4.78 is 27.9. The Hall–Kier alpha value is -1.38. The highest BCUT2D eigenvalue weighted by Crippen LogP contribution is 2.21. The maximum Gasteiger partial charge on any atom is 0.244 e. The molecule has 0 bridgehead atoms. The van der Waals surface area contributed by atoms with E-state index in [4.69, 9.17) is 0 Å². The summed E-state index contributed by atoms with van der Waals surface area (Å²) in [5, 5.41) is 9.28. The fourth-order valence-corrected chi connectivity index (χ4v) is 4.72. The summed E-state index contributed by atoms with van der Waals surface area (Å²) >= 11 is 0. The van der Waals surface area contributed by atoms with Gasteiger partial charge in [-0.05, 0) is 25.0 Å². The van der Waals surface area contributed by atoms with Crippen LogP contribution in [-0.4, -0.2) is 25.8 Å². The van der Waals surface area contributed by atoms with Gasteiger partial charge in [0.15, 0.2) is 0 Å². The van der Waals surface area contributed by atoms with Crippen molar-refractivity contribution in [1.29, 1.82) is 5.26 Å². The summed E-state index contributed by atoms with van der Waals surface area (Å²) in [4.78, 5) is 0.143. The molecular formula is C21H34N2O2S. The summed E-state index contributed by atoms with van der Waals surface area (Å²) in [6, 6.07) is 8.54. The Morgan fingerprint density at radius 2 is 1.35 bits per heavy atom. The normalized spacial score (nSPS) is 11.6. The maximum absolute atomic E-state index is 13.1. The van der Waals surface area contributed by atoms with Gasteiger partial charge in [-0.25, -0.2) is 8.42 Å². The lowest BCUT2D eigenvalue weighted by molar-refractivity contribution is 0.384. The molecule has 0 radical (unpaired) electrons. The standard InChI is InChI=1S/C21H34N2O2S/c1-3-5-7-9-13-17-23(18-14-10-8-6-4-2)26(24,25)21-16-12-11-15-20(21)19-22/h11-12,15-16H,3-10,13-14,17-18H2,1-2H3. The highest BCUT2D eigenvalue weighted by Gasteiger charge is 2.26. The fraction of sp³-hybridized carbons (Fsp3) is 0.667. The lowest BCUT2D eigenvalue weighted by Crippen LogP contribution is -2.33. The van der Waals surface area contributed by atoms with E-state index in [1.807, 2.05) is 6.07 Å². The Morgan fingerprint density at radius 1 is 0.846 bits per heavy atom. The van der Waals surface area contributed by atoms with Crippen LogP contribution in [0.2, 0.25) is 0 Å². The molecule has 0 aliphatic heterocycles. The van der Waals surface area contributed by atoms with Crippen LogP contribution >= 0.6 is 0 Å². The summed E-state index contributed by atoms with van der Waals surface area (Å²) in [7, 11) is -3.62. The van der Waals surface area contributed by atoms with Crippen LogP contribution in [0.3, 0.4) is 0 Å². The first kappa shape index (κ1) is 22.7.